The van der Waals surface area contributed by atoms with Crippen molar-refractivity contribution in [3.8, 4) is 5.75 Å². The van der Waals surface area contributed by atoms with Crippen LogP contribution in [0.25, 0.3) is 0 Å². The van der Waals surface area contributed by atoms with Gasteiger partial charge in [0.2, 0.25) is 11.8 Å². The highest BCUT2D eigenvalue weighted by molar-refractivity contribution is 5.94. The second kappa shape index (κ2) is 10.4. The number of carbonyl (C=O) groups excluding carboxylic acids is 3. The van der Waals surface area contributed by atoms with E-state index in [9.17, 15) is 14.4 Å². The number of nitrogens with one attached hydrogen (secondary N) is 3. The van der Waals surface area contributed by atoms with Gasteiger partial charge < -0.3 is 10.1 Å². The van der Waals surface area contributed by atoms with Gasteiger partial charge in [0.1, 0.15) is 5.75 Å². The molecule has 30 heavy (non-hydrogen) atoms. The SMILES string of the molecule is Cc1ccc(NC(=O)CCC(=O)NNC(=O)C(C)Oc2cc(C)ccc2C)c(C)c1. The van der Waals surface area contributed by atoms with E-state index < -0.39 is 17.9 Å². The standard InChI is InChI=1S/C23H29N3O4/c1-14-7-9-19(17(4)12-14)24-21(27)10-11-22(28)25-26-23(29)18(5)30-20-13-15(2)6-8-16(20)3/h6-9,12-13,18H,10-11H2,1-5H3,(H,24,27)(H,25,28)(H,26,29). The summed E-state index contributed by atoms with van der Waals surface area (Å²) in [5.74, 6) is -0.593. The molecule has 7 heteroatoms. The Hall–Kier alpha value is -3.35. The number of hydrogen-bond acceptors (Lipinski definition) is 4. The van der Waals surface area contributed by atoms with Crippen LogP contribution in [-0.2, 0) is 14.4 Å². The van der Waals surface area contributed by atoms with Crippen LogP contribution in [0.1, 0.15) is 42.0 Å². The zero-order valence-corrected chi connectivity index (χ0v) is 18.1. The van der Waals surface area contributed by atoms with Crippen molar-refractivity contribution in [1.82, 2.24) is 10.9 Å². The minimum atomic E-state index is -0.793. The van der Waals surface area contributed by atoms with E-state index in [4.69, 9.17) is 4.74 Å². The number of carbonyl (C=O) groups is 3. The van der Waals surface area contributed by atoms with Crippen molar-refractivity contribution >= 4 is 23.4 Å². The third-order valence-electron chi connectivity index (χ3n) is 4.58. The molecule has 0 saturated carbocycles. The van der Waals surface area contributed by atoms with Gasteiger partial charge in [-0.3, -0.25) is 25.2 Å². The van der Waals surface area contributed by atoms with Gasteiger partial charge in [-0.1, -0.05) is 29.8 Å². The second-order valence-corrected chi connectivity index (χ2v) is 7.43. The molecule has 0 radical (unpaired) electrons. The fourth-order valence-corrected chi connectivity index (χ4v) is 2.77. The van der Waals surface area contributed by atoms with Gasteiger partial charge in [-0.25, -0.2) is 0 Å². The molecule has 0 aliphatic carbocycles. The van der Waals surface area contributed by atoms with Crippen LogP contribution in [0.3, 0.4) is 0 Å². The van der Waals surface area contributed by atoms with Gasteiger partial charge in [-0.05, 0) is 63.4 Å². The van der Waals surface area contributed by atoms with E-state index in [0.29, 0.717) is 5.75 Å². The van der Waals surface area contributed by atoms with E-state index in [-0.39, 0.29) is 18.7 Å². The van der Waals surface area contributed by atoms with E-state index in [1.54, 1.807) is 6.92 Å². The van der Waals surface area contributed by atoms with E-state index in [2.05, 4.69) is 16.2 Å². The minimum Gasteiger partial charge on any atom is -0.481 e. The quantitative estimate of drug-likeness (QED) is 0.610. The van der Waals surface area contributed by atoms with E-state index in [0.717, 1.165) is 27.9 Å². The molecule has 2 aromatic rings. The number of hydrazine groups is 1. The molecular formula is C23H29N3O4. The Morgan fingerprint density at radius 3 is 2.17 bits per heavy atom. The molecule has 1 unspecified atom stereocenters. The second-order valence-electron chi connectivity index (χ2n) is 7.43. The molecule has 0 fully saturated rings. The molecule has 7 nitrogen and oxygen atoms in total. The molecule has 3 amide bonds. The predicted molar refractivity (Wildman–Crippen MR) is 116 cm³/mol. The van der Waals surface area contributed by atoms with E-state index in [1.165, 1.54) is 0 Å². The van der Waals surface area contributed by atoms with Crippen molar-refractivity contribution < 1.29 is 19.1 Å². The van der Waals surface area contributed by atoms with Gasteiger partial charge in [-0.15, -0.1) is 0 Å². The maximum atomic E-state index is 12.2. The summed E-state index contributed by atoms with van der Waals surface area (Å²) in [6.07, 6.45) is -0.842. The molecule has 1 atom stereocenters. The number of amides is 3. The molecule has 2 rings (SSSR count). The summed E-state index contributed by atoms with van der Waals surface area (Å²) in [4.78, 5) is 36.2. The largest absolute Gasteiger partial charge is 0.481 e. The molecule has 0 aliphatic heterocycles. The monoisotopic (exact) mass is 411 g/mol. The molecule has 0 aliphatic rings. The highest BCUT2D eigenvalue weighted by Crippen LogP contribution is 2.20. The Bertz CT molecular complexity index is 940. The fourth-order valence-electron chi connectivity index (χ4n) is 2.77. The highest BCUT2D eigenvalue weighted by atomic mass is 16.5. The number of hydrogen-bond donors (Lipinski definition) is 3. The first-order valence-electron chi connectivity index (χ1n) is 9.85. The predicted octanol–water partition coefficient (Wildman–Crippen LogP) is 3.25. The third-order valence-corrected chi connectivity index (χ3v) is 4.58. The Balaban J connectivity index is 1.74. The van der Waals surface area contributed by atoms with Crippen LogP contribution in [0.2, 0.25) is 0 Å². The van der Waals surface area contributed by atoms with Crippen molar-refractivity contribution in [2.24, 2.45) is 0 Å². The van der Waals surface area contributed by atoms with Crippen LogP contribution in [-0.4, -0.2) is 23.8 Å². The molecule has 0 aromatic heterocycles. The molecule has 0 spiro atoms. The number of rotatable bonds is 7. The van der Waals surface area contributed by atoms with Crippen molar-refractivity contribution in [1.29, 1.82) is 0 Å². The summed E-state index contributed by atoms with van der Waals surface area (Å²) in [5.41, 5.74) is 9.37. The summed E-state index contributed by atoms with van der Waals surface area (Å²) < 4.78 is 5.68. The summed E-state index contributed by atoms with van der Waals surface area (Å²) >= 11 is 0. The van der Waals surface area contributed by atoms with E-state index >= 15 is 0 Å². The topological polar surface area (TPSA) is 96.5 Å². The van der Waals surface area contributed by atoms with E-state index in [1.807, 2.05) is 64.1 Å². The zero-order valence-electron chi connectivity index (χ0n) is 18.1. The van der Waals surface area contributed by atoms with Crippen molar-refractivity contribution in [2.75, 3.05) is 5.32 Å². The van der Waals surface area contributed by atoms with Gasteiger partial charge >= 0.3 is 0 Å². The lowest BCUT2D eigenvalue weighted by Crippen LogP contribution is -2.47. The van der Waals surface area contributed by atoms with Crippen LogP contribution in [0.5, 0.6) is 5.75 Å². The third kappa shape index (κ3) is 6.92. The lowest BCUT2D eigenvalue weighted by molar-refractivity contribution is -0.133. The average Bonchev–Trinajstić information content (AvgIpc) is 2.69. The van der Waals surface area contributed by atoms with Gasteiger partial charge in [0.25, 0.3) is 5.91 Å². The maximum Gasteiger partial charge on any atom is 0.279 e. The normalized spacial score (nSPS) is 11.4. The number of ether oxygens (including phenoxy) is 1. The van der Waals surface area contributed by atoms with Crippen LogP contribution < -0.4 is 20.9 Å². The highest BCUT2D eigenvalue weighted by Gasteiger charge is 2.17. The zero-order chi connectivity index (χ0) is 22.3. The Morgan fingerprint density at radius 2 is 1.47 bits per heavy atom. The Labute approximate surface area is 177 Å². The maximum absolute atomic E-state index is 12.2. The lowest BCUT2D eigenvalue weighted by Gasteiger charge is -2.17. The average molecular weight is 412 g/mol. The van der Waals surface area contributed by atoms with Gasteiger partial charge in [0.15, 0.2) is 6.10 Å². The van der Waals surface area contributed by atoms with Crippen LogP contribution in [0.4, 0.5) is 5.69 Å². The van der Waals surface area contributed by atoms with Crippen molar-refractivity contribution in [2.45, 2.75) is 53.6 Å². The van der Waals surface area contributed by atoms with Gasteiger partial charge in [0, 0.05) is 18.5 Å². The van der Waals surface area contributed by atoms with Crippen LogP contribution >= 0.6 is 0 Å². The first kappa shape index (κ1) is 22.9. The molecular weight excluding hydrogens is 382 g/mol. The molecule has 3 N–H and O–H groups in total. The summed E-state index contributed by atoms with van der Waals surface area (Å²) in [7, 11) is 0. The Kier molecular flexibility index (Phi) is 7.98. The molecule has 160 valence electrons. The van der Waals surface area contributed by atoms with Crippen molar-refractivity contribution in [3.05, 3.63) is 58.7 Å². The van der Waals surface area contributed by atoms with Crippen LogP contribution in [0.15, 0.2) is 36.4 Å². The fraction of sp³-hybridized carbons (Fsp3) is 0.348. The summed E-state index contributed by atoms with van der Waals surface area (Å²) in [6, 6.07) is 11.4. The first-order chi connectivity index (χ1) is 14.2. The number of aryl methyl sites for hydroxylation is 4. The number of benzene rings is 2. The minimum absolute atomic E-state index is 0.00353. The van der Waals surface area contributed by atoms with Crippen LogP contribution in [0, 0.1) is 27.7 Å². The summed E-state index contributed by atoms with van der Waals surface area (Å²) in [6.45, 7) is 9.32. The molecule has 0 bridgehead atoms. The van der Waals surface area contributed by atoms with Gasteiger partial charge in [-0.2, -0.15) is 0 Å². The number of anilines is 1. The van der Waals surface area contributed by atoms with Crippen molar-refractivity contribution in [3.63, 3.8) is 0 Å². The molecule has 0 saturated heterocycles. The Morgan fingerprint density at radius 1 is 0.833 bits per heavy atom. The summed E-state index contributed by atoms with van der Waals surface area (Å²) in [5, 5.41) is 2.79. The smallest absolute Gasteiger partial charge is 0.279 e. The molecule has 0 heterocycles. The lowest BCUT2D eigenvalue weighted by atomic mass is 10.1. The molecule has 2 aromatic carbocycles. The van der Waals surface area contributed by atoms with Gasteiger partial charge in [0.05, 0.1) is 0 Å². The first-order valence-corrected chi connectivity index (χ1v) is 9.85.